The summed E-state index contributed by atoms with van der Waals surface area (Å²) in [4.78, 5) is 6.48. The van der Waals surface area contributed by atoms with Gasteiger partial charge in [0.1, 0.15) is 5.15 Å². The normalized spacial score (nSPS) is 18.0. The molecule has 1 aromatic heterocycles. The predicted molar refractivity (Wildman–Crippen MR) is 60.4 cm³/mol. The highest BCUT2D eigenvalue weighted by molar-refractivity contribution is 6.32. The molecule has 0 N–H and O–H groups in total. The van der Waals surface area contributed by atoms with Crippen molar-refractivity contribution in [1.29, 1.82) is 0 Å². The van der Waals surface area contributed by atoms with E-state index in [2.05, 4.69) is 9.88 Å². The molecule has 0 aliphatic carbocycles. The average molecular weight is 247 g/mol. The van der Waals surface area contributed by atoms with Gasteiger partial charge in [-0.2, -0.15) is 0 Å². The maximum Gasteiger partial charge on any atom is 0.129 e. The van der Waals surface area contributed by atoms with Gasteiger partial charge >= 0.3 is 0 Å². The van der Waals surface area contributed by atoms with Crippen LogP contribution in [-0.2, 0) is 11.3 Å². The molecule has 1 aliphatic heterocycles. The van der Waals surface area contributed by atoms with Gasteiger partial charge in [-0.3, -0.25) is 4.90 Å². The summed E-state index contributed by atoms with van der Waals surface area (Å²) >= 11 is 11.9. The molecule has 2 heterocycles. The summed E-state index contributed by atoms with van der Waals surface area (Å²) in [6.45, 7) is 4.13. The molecular formula is C10H12Cl2N2O. The van der Waals surface area contributed by atoms with Crippen LogP contribution in [-0.4, -0.2) is 36.2 Å². The third kappa shape index (κ3) is 3.05. The summed E-state index contributed by atoms with van der Waals surface area (Å²) in [6.07, 6.45) is 0. The molecular weight excluding hydrogens is 235 g/mol. The summed E-state index contributed by atoms with van der Waals surface area (Å²) < 4.78 is 5.27. The number of pyridine rings is 1. The molecule has 5 heteroatoms. The van der Waals surface area contributed by atoms with E-state index in [4.69, 9.17) is 27.9 Å². The van der Waals surface area contributed by atoms with Gasteiger partial charge in [-0.1, -0.05) is 23.2 Å². The third-order valence-corrected chi connectivity index (χ3v) is 2.92. The third-order valence-electron chi connectivity index (χ3n) is 2.36. The minimum Gasteiger partial charge on any atom is -0.379 e. The number of hydrogen-bond donors (Lipinski definition) is 0. The zero-order valence-electron chi connectivity index (χ0n) is 8.25. The lowest BCUT2D eigenvalue weighted by Gasteiger charge is -2.26. The number of hydrogen-bond acceptors (Lipinski definition) is 3. The Balaban J connectivity index is 2.05. The first-order chi connectivity index (χ1) is 7.25. The van der Waals surface area contributed by atoms with Gasteiger partial charge in [-0.25, -0.2) is 4.98 Å². The van der Waals surface area contributed by atoms with Crippen LogP contribution in [0.4, 0.5) is 0 Å². The van der Waals surface area contributed by atoms with Crippen LogP contribution in [0.3, 0.4) is 0 Å². The first-order valence-corrected chi connectivity index (χ1v) is 5.62. The molecule has 0 saturated carbocycles. The molecule has 1 saturated heterocycles. The molecule has 0 radical (unpaired) electrons. The van der Waals surface area contributed by atoms with Crippen molar-refractivity contribution >= 4 is 23.2 Å². The van der Waals surface area contributed by atoms with Crippen LogP contribution in [0.15, 0.2) is 12.1 Å². The number of aromatic nitrogens is 1. The van der Waals surface area contributed by atoms with Crippen molar-refractivity contribution < 1.29 is 4.74 Å². The van der Waals surface area contributed by atoms with E-state index in [0.29, 0.717) is 10.2 Å². The van der Waals surface area contributed by atoms with Crippen LogP contribution in [0.25, 0.3) is 0 Å². The molecule has 15 heavy (non-hydrogen) atoms. The number of rotatable bonds is 2. The minimum atomic E-state index is 0.489. The molecule has 1 aromatic rings. The minimum absolute atomic E-state index is 0.489. The molecule has 0 bridgehead atoms. The molecule has 0 aromatic carbocycles. The van der Waals surface area contributed by atoms with Crippen molar-refractivity contribution in [3.63, 3.8) is 0 Å². The van der Waals surface area contributed by atoms with Gasteiger partial charge in [0.15, 0.2) is 0 Å². The van der Waals surface area contributed by atoms with Crippen molar-refractivity contribution in [2.24, 2.45) is 0 Å². The molecule has 1 fully saturated rings. The Morgan fingerprint density at radius 3 is 2.73 bits per heavy atom. The van der Waals surface area contributed by atoms with E-state index < -0.39 is 0 Å². The number of halogens is 2. The molecule has 1 aliphatic rings. The summed E-state index contributed by atoms with van der Waals surface area (Å²) in [7, 11) is 0. The summed E-state index contributed by atoms with van der Waals surface area (Å²) in [6, 6.07) is 3.49. The fourth-order valence-corrected chi connectivity index (χ4v) is 1.87. The zero-order valence-corrected chi connectivity index (χ0v) is 9.76. The largest absolute Gasteiger partial charge is 0.379 e. The predicted octanol–water partition coefficient (Wildman–Crippen LogP) is 2.22. The van der Waals surface area contributed by atoms with Crippen LogP contribution >= 0.6 is 23.2 Å². The maximum atomic E-state index is 6.04. The molecule has 0 spiro atoms. The van der Waals surface area contributed by atoms with Crippen LogP contribution in [0.5, 0.6) is 0 Å². The van der Waals surface area contributed by atoms with E-state index in [9.17, 15) is 0 Å². The van der Waals surface area contributed by atoms with Gasteiger partial charge < -0.3 is 4.74 Å². The first-order valence-electron chi connectivity index (χ1n) is 4.87. The van der Waals surface area contributed by atoms with E-state index in [1.807, 2.05) is 0 Å². The fourth-order valence-electron chi connectivity index (χ4n) is 1.54. The lowest BCUT2D eigenvalue weighted by Crippen LogP contribution is -2.35. The first kappa shape index (κ1) is 11.1. The van der Waals surface area contributed by atoms with Gasteiger partial charge in [-0.15, -0.1) is 0 Å². The lowest BCUT2D eigenvalue weighted by molar-refractivity contribution is 0.0336. The number of ether oxygens (including phenoxy) is 1. The Hall–Kier alpha value is -0.350. The Kier molecular flexibility index (Phi) is 3.81. The molecule has 0 amide bonds. The van der Waals surface area contributed by atoms with Gasteiger partial charge in [0, 0.05) is 19.6 Å². The summed E-state index contributed by atoms with van der Waals surface area (Å²) in [5, 5.41) is 1.16. The number of morpholine rings is 1. The van der Waals surface area contributed by atoms with Crippen LogP contribution < -0.4 is 0 Å². The van der Waals surface area contributed by atoms with Crippen molar-refractivity contribution in [3.05, 3.63) is 28.0 Å². The maximum absolute atomic E-state index is 6.04. The SMILES string of the molecule is Clc1ccc(Cl)c(CN2CCOCC2)n1. The standard InChI is InChI=1S/C10H12Cl2N2O/c11-8-1-2-10(12)13-9(8)7-14-3-5-15-6-4-14/h1-2H,3-7H2. The van der Waals surface area contributed by atoms with Gasteiger partial charge in [0.25, 0.3) is 0 Å². The zero-order chi connectivity index (χ0) is 10.7. The fraction of sp³-hybridized carbons (Fsp3) is 0.500. The molecule has 2 rings (SSSR count). The quantitative estimate of drug-likeness (QED) is 0.749. The van der Waals surface area contributed by atoms with Gasteiger partial charge in [-0.05, 0) is 12.1 Å². The molecule has 0 unspecified atom stereocenters. The van der Waals surface area contributed by atoms with E-state index >= 15 is 0 Å². The van der Waals surface area contributed by atoms with Crippen molar-refractivity contribution in [2.75, 3.05) is 26.3 Å². The smallest absolute Gasteiger partial charge is 0.129 e. The average Bonchev–Trinajstić information content (AvgIpc) is 2.25. The lowest BCUT2D eigenvalue weighted by atomic mass is 10.3. The van der Waals surface area contributed by atoms with Crippen molar-refractivity contribution in [1.82, 2.24) is 9.88 Å². The van der Waals surface area contributed by atoms with Crippen LogP contribution in [0.1, 0.15) is 5.69 Å². The Morgan fingerprint density at radius 1 is 1.27 bits per heavy atom. The van der Waals surface area contributed by atoms with Crippen LogP contribution in [0, 0.1) is 0 Å². The highest BCUT2D eigenvalue weighted by atomic mass is 35.5. The van der Waals surface area contributed by atoms with Crippen molar-refractivity contribution in [3.8, 4) is 0 Å². The molecule has 3 nitrogen and oxygen atoms in total. The van der Waals surface area contributed by atoms with E-state index in [1.165, 1.54) is 0 Å². The Bertz CT molecular complexity index is 340. The Morgan fingerprint density at radius 2 is 2.00 bits per heavy atom. The van der Waals surface area contributed by atoms with Crippen molar-refractivity contribution in [2.45, 2.75) is 6.54 Å². The Labute approximate surface area is 98.9 Å². The van der Waals surface area contributed by atoms with Gasteiger partial charge in [0.2, 0.25) is 0 Å². The number of nitrogens with zero attached hydrogens (tertiary/aromatic N) is 2. The van der Waals surface area contributed by atoms with Crippen LogP contribution in [0.2, 0.25) is 10.2 Å². The molecule has 0 atom stereocenters. The summed E-state index contributed by atoms with van der Waals surface area (Å²) in [5.41, 5.74) is 0.839. The topological polar surface area (TPSA) is 25.4 Å². The monoisotopic (exact) mass is 246 g/mol. The van der Waals surface area contributed by atoms with E-state index in [-0.39, 0.29) is 0 Å². The van der Waals surface area contributed by atoms with E-state index in [1.54, 1.807) is 12.1 Å². The molecule has 82 valence electrons. The highest BCUT2D eigenvalue weighted by Gasteiger charge is 2.13. The van der Waals surface area contributed by atoms with Gasteiger partial charge in [0.05, 0.1) is 23.9 Å². The second kappa shape index (κ2) is 5.12. The highest BCUT2D eigenvalue weighted by Crippen LogP contribution is 2.18. The van der Waals surface area contributed by atoms with E-state index in [0.717, 1.165) is 38.5 Å². The summed E-state index contributed by atoms with van der Waals surface area (Å²) in [5.74, 6) is 0. The second-order valence-electron chi connectivity index (χ2n) is 3.45. The second-order valence-corrected chi connectivity index (χ2v) is 4.25.